The average molecular weight is 481 g/mol. The van der Waals surface area contributed by atoms with Crippen molar-refractivity contribution in [3.8, 4) is 0 Å². The zero-order chi connectivity index (χ0) is 24.0. The van der Waals surface area contributed by atoms with Crippen LogP contribution in [0.4, 0.5) is 0 Å². The smallest absolute Gasteiger partial charge is 0.240 e. The lowest BCUT2D eigenvalue weighted by Gasteiger charge is -2.38. The minimum absolute atomic E-state index is 0.0181. The van der Waals surface area contributed by atoms with Gasteiger partial charge in [0.1, 0.15) is 18.3 Å². The van der Waals surface area contributed by atoms with Crippen molar-refractivity contribution < 1.29 is 34.1 Å². The number of fused-ring (bicyclic) bond motifs is 6. The Kier molecular flexibility index (Phi) is 6.82. The molecule has 0 aromatic rings. The van der Waals surface area contributed by atoms with Crippen LogP contribution in [0, 0.1) is 5.92 Å². The quantitative estimate of drug-likeness (QED) is 0.411. The topological polar surface area (TPSA) is 132 Å². The summed E-state index contributed by atoms with van der Waals surface area (Å²) < 4.78 is 11.9. The molecule has 0 radical (unpaired) electrons. The van der Waals surface area contributed by atoms with Crippen LogP contribution in [0.2, 0.25) is 0 Å². The standard InChI is InChI=1S/C23H36N4O7/c1-2-25-9-14-7-16(25)23(32)26-5-6-33-15(10-26)11-27(22(31)13-3-4-13)12-18-21(30)20(29)17(34-18)8-19(28)24-14/h13-18,20-21,29-30H,2-12H2,1H3,(H,24,28)/t14-,15-,16-,17-,18+,20-,21+/m0/s1. The number of likely N-dealkylation sites (tertiary alicyclic amines) is 1. The van der Waals surface area contributed by atoms with E-state index in [-0.39, 0.29) is 61.3 Å². The molecule has 5 rings (SSSR count). The van der Waals surface area contributed by atoms with Crippen LogP contribution < -0.4 is 5.32 Å². The van der Waals surface area contributed by atoms with Crippen molar-refractivity contribution in [2.75, 3.05) is 45.9 Å². The molecule has 0 aromatic heterocycles. The van der Waals surface area contributed by atoms with E-state index < -0.39 is 24.4 Å². The molecule has 7 atom stereocenters. The van der Waals surface area contributed by atoms with Crippen molar-refractivity contribution in [3.63, 3.8) is 0 Å². The molecular weight excluding hydrogens is 444 g/mol. The second kappa shape index (κ2) is 9.69. The van der Waals surface area contributed by atoms with E-state index in [1.165, 1.54) is 0 Å². The summed E-state index contributed by atoms with van der Waals surface area (Å²) in [6, 6.07) is -0.484. The first kappa shape index (κ1) is 23.9. The molecule has 4 heterocycles. The number of hydrogen-bond acceptors (Lipinski definition) is 8. The minimum Gasteiger partial charge on any atom is -0.388 e. The monoisotopic (exact) mass is 480 g/mol. The van der Waals surface area contributed by atoms with Crippen LogP contribution in [0.5, 0.6) is 0 Å². The van der Waals surface area contributed by atoms with Gasteiger partial charge in [-0.2, -0.15) is 0 Å². The number of ether oxygens (including phenoxy) is 2. The Morgan fingerprint density at radius 1 is 1.09 bits per heavy atom. The highest BCUT2D eigenvalue weighted by Gasteiger charge is 2.47. The van der Waals surface area contributed by atoms with Crippen molar-refractivity contribution in [2.45, 2.75) is 75.2 Å². The van der Waals surface area contributed by atoms with E-state index in [0.29, 0.717) is 39.2 Å². The number of aliphatic hydroxyl groups is 2. The van der Waals surface area contributed by atoms with Gasteiger partial charge in [-0.25, -0.2) is 0 Å². The third kappa shape index (κ3) is 4.81. The molecule has 0 aromatic carbocycles. The molecule has 1 aliphatic carbocycles. The predicted octanol–water partition coefficient (Wildman–Crippen LogP) is -2.08. The van der Waals surface area contributed by atoms with Gasteiger partial charge < -0.3 is 34.8 Å². The van der Waals surface area contributed by atoms with Crippen LogP contribution in [0.15, 0.2) is 0 Å². The van der Waals surface area contributed by atoms with E-state index in [9.17, 15) is 24.6 Å². The number of likely N-dealkylation sites (N-methyl/N-ethyl adjacent to an activating group) is 1. The second-order valence-electron chi connectivity index (χ2n) is 10.3. The lowest BCUT2D eigenvalue weighted by atomic mass is 10.0. The highest BCUT2D eigenvalue weighted by atomic mass is 16.5. The predicted molar refractivity (Wildman–Crippen MR) is 118 cm³/mol. The highest BCUT2D eigenvalue weighted by Crippen LogP contribution is 2.33. The Balaban J connectivity index is 1.40. The van der Waals surface area contributed by atoms with Gasteiger partial charge in [-0.15, -0.1) is 0 Å². The lowest BCUT2D eigenvalue weighted by Crippen LogP contribution is -2.55. The number of amides is 3. The van der Waals surface area contributed by atoms with Gasteiger partial charge in [-0.05, 0) is 25.8 Å². The zero-order valence-electron chi connectivity index (χ0n) is 19.7. The molecule has 3 amide bonds. The molecule has 5 fully saturated rings. The molecule has 11 nitrogen and oxygen atoms in total. The van der Waals surface area contributed by atoms with E-state index in [4.69, 9.17) is 9.47 Å². The number of nitrogens with one attached hydrogen (secondary N) is 1. The van der Waals surface area contributed by atoms with Crippen molar-refractivity contribution in [2.24, 2.45) is 5.92 Å². The van der Waals surface area contributed by atoms with Crippen LogP contribution in [-0.4, -0.2) is 131 Å². The summed E-state index contributed by atoms with van der Waals surface area (Å²) in [5.74, 6) is -0.301. The third-order valence-corrected chi connectivity index (χ3v) is 7.82. The fourth-order valence-corrected chi connectivity index (χ4v) is 5.78. The van der Waals surface area contributed by atoms with E-state index in [1.54, 1.807) is 4.90 Å². The Morgan fingerprint density at radius 3 is 2.59 bits per heavy atom. The molecule has 190 valence electrons. The summed E-state index contributed by atoms with van der Waals surface area (Å²) in [4.78, 5) is 44.8. The Morgan fingerprint density at radius 2 is 1.85 bits per heavy atom. The van der Waals surface area contributed by atoms with Crippen LogP contribution in [0.3, 0.4) is 0 Å². The van der Waals surface area contributed by atoms with Gasteiger partial charge in [0.15, 0.2) is 0 Å². The van der Waals surface area contributed by atoms with Crippen molar-refractivity contribution in [1.29, 1.82) is 0 Å². The molecule has 1 saturated carbocycles. The number of morpholine rings is 1. The van der Waals surface area contributed by atoms with Crippen molar-refractivity contribution in [3.05, 3.63) is 0 Å². The average Bonchev–Trinajstić information content (AvgIpc) is 3.55. The summed E-state index contributed by atoms with van der Waals surface area (Å²) in [6.45, 7) is 4.94. The van der Waals surface area contributed by atoms with Crippen LogP contribution in [-0.2, 0) is 23.9 Å². The van der Waals surface area contributed by atoms with Gasteiger partial charge >= 0.3 is 0 Å². The van der Waals surface area contributed by atoms with Gasteiger partial charge in [0, 0.05) is 44.7 Å². The Bertz CT molecular complexity index is 808. The second-order valence-corrected chi connectivity index (χ2v) is 10.3. The Hall–Kier alpha value is -1.79. The van der Waals surface area contributed by atoms with Crippen molar-refractivity contribution in [1.82, 2.24) is 20.0 Å². The molecule has 3 N–H and O–H groups in total. The van der Waals surface area contributed by atoms with Gasteiger partial charge in [0.05, 0.1) is 31.3 Å². The molecule has 11 heteroatoms. The molecule has 4 saturated heterocycles. The number of hydrogen-bond donors (Lipinski definition) is 3. The van der Waals surface area contributed by atoms with Crippen LogP contribution in [0.25, 0.3) is 0 Å². The zero-order valence-corrected chi connectivity index (χ0v) is 19.7. The highest BCUT2D eigenvalue weighted by molar-refractivity contribution is 5.83. The van der Waals surface area contributed by atoms with Crippen molar-refractivity contribution >= 4 is 17.7 Å². The first-order chi connectivity index (χ1) is 16.3. The summed E-state index contributed by atoms with van der Waals surface area (Å²) in [5, 5.41) is 24.2. The largest absolute Gasteiger partial charge is 0.388 e. The Labute approximate surface area is 199 Å². The maximum Gasteiger partial charge on any atom is 0.240 e. The number of rotatable bonds is 2. The van der Waals surface area contributed by atoms with Crippen LogP contribution >= 0.6 is 0 Å². The first-order valence-electron chi connectivity index (χ1n) is 12.6. The van der Waals surface area contributed by atoms with E-state index in [0.717, 1.165) is 12.8 Å². The number of carbonyl (C=O) groups is 3. The summed E-state index contributed by atoms with van der Waals surface area (Å²) in [5.41, 5.74) is 0. The summed E-state index contributed by atoms with van der Waals surface area (Å²) in [7, 11) is 0. The summed E-state index contributed by atoms with van der Waals surface area (Å²) >= 11 is 0. The molecule has 0 unspecified atom stereocenters. The molecule has 5 aliphatic rings. The fraction of sp³-hybridized carbons (Fsp3) is 0.870. The lowest BCUT2D eigenvalue weighted by molar-refractivity contribution is -0.147. The molecular formula is C23H36N4O7. The molecule has 0 spiro atoms. The maximum absolute atomic E-state index is 13.4. The SMILES string of the molecule is CCN1C[C@@H]2C[C@H]1C(=O)N1CCO[C@H](CN(C(=O)C3CC3)C[C@H]3O[C@@H](CC(=O)N2)[C@H](O)[C@@H]3O)C1. The molecule has 4 aliphatic heterocycles. The number of carbonyl (C=O) groups excluding carboxylic acids is 3. The van der Waals surface area contributed by atoms with E-state index >= 15 is 0 Å². The normalized spacial score (nSPS) is 39.9. The fourth-order valence-electron chi connectivity index (χ4n) is 5.78. The number of aliphatic hydroxyl groups excluding tert-OH is 2. The number of nitrogens with zero attached hydrogens (tertiary/aromatic N) is 3. The van der Waals surface area contributed by atoms with Crippen LogP contribution in [0.1, 0.15) is 32.6 Å². The van der Waals surface area contributed by atoms with Gasteiger partial charge in [0.2, 0.25) is 17.7 Å². The molecule has 6 bridgehead atoms. The van der Waals surface area contributed by atoms with Gasteiger partial charge in [0.25, 0.3) is 0 Å². The summed E-state index contributed by atoms with van der Waals surface area (Å²) in [6.07, 6.45) is -2.29. The van der Waals surface area contributed by atoms with Gasteiger partial charge in [-0.1, -0.05) is 6.92 Å². The maximum atomic E-state index is 13.4. The third-order valence-electron chi connectivity index (χ3n) is 7.82. The van der Waals surface area contributed by atoms with E-state index in [1.807, 2.05) is 11.8 Å². The first-order valence-corrected chi connectivity index (χ1v) is 12.6. The van der Waals surface area contributed by atoms with Gasteiger partial charge in [-0.3, -0.25) is 19.3 Å². The minimum atomic E-state index is -1.21. The van der Waals surface area contributed by atoms with E-state index in [2.05, 4.69) is 10.2 Å². The molecule has 34 heavy (non-hydrogen) atoms.